The second kappa shape index (κ2) is 8.51. The standard InChI is InChI=1S/C20H15N3O5/c21-10-13-5-4-8-15(9-13)22-17(25)12-28-20(26)18-16(24)11-27-19(18)23-14-6-2-1-3-7-14/h1-9,23H,11-12H2,(H,22,25). The van der Waals surface area contributed by atoms with Crippen molar-refractivity contribution in [1.29, 1.82) is 5.26 Å². The van der Waals surface area contributed by atoms with E-state index in [0.717, 1.165) is 0 Å². The molecule has 0 fully saturated rings. The first kappa shape index (κ1) is 18.7. The van der Waals surface area contributed by atoms with Crippen molar-refractivity contribution in [2.24, 2.45) is 0 Å². The normalized spacial score (nSPS) is 12.8. The number of rotatable bonds is 6. The highest BCUT2D eigenvalue weighted by molar-refractivity contribution is 6.20. The number of hydrogen-bond acceptors (Lipinski definition) is 7. The predicted octanol–water partition coefficient (Wildman–Crippen LogP) is 1.96. The number of para-hydroxylation sites is 1. The summed E-state index contributed by atoms with van der Waals surface area (Å²) < 4.78 is 10.2. The van der Waals surface area contributed by atoms with E-state index in [-0.39, 0.29) is 18.1 Å². The number of carbonyl (C=O) groups is 3. The second-order valence-corrected chi connectivity index (χ2v) is 5.72. The molecule has 0 saturated carbocycles. The molecule has 1 aliphatic heterocycles. The highest BCUT2D eigenvalue weighted by atomic mass is 16.5. The van der Waals surface area contributed by atoms with E-state index in [1.807, 2.05) is 12.1 Å². The molecule has 1 aliphatic rings. The quantitative estimate of drug-likeness (QED) is 0.584. The third-order valence-corrected chi connectivity index (χ3v) is 3.70. The van der Waals surface area contributed by atoms with Crippen molar-refractivity contribution >= 4 is 29.0 Å². The number of nitrogens with zero attached hydrogens (tertiary/aromatic N) is 1. The van der Waals surface area contributed by atoms with Gasteiger partial charge in [0, 0.05) is 11.4 Å². The Morgan fingerprint density at radius 1 is 1.11 bits per heavy atom. The lowest BCUT2D eigenvalue weighted by Gasteiger charge is -2.09. The largest absolute Gasteiger partial charge is 0.470 e. The molecule has 0 atom stereocenters. The highest BCUT2D eigenvalue weighted by Gasteiger charge is 2.32. The monoisotopic (exact) mass is 377 g/mol. The van der Waals surface area contributed by atoms with E-state index in [2.05, 4.69) is 10.6 Å². The third-order valence-electron chi connectivity index (χ3n) is 3.70. The number of esters is 1. The number of hydrogen-bond donors (Lipinski definition) is 2. The summed E-state index contributed by atoms with van der Waals surface area (Å²) in [6.07, 6.45) is 0. The first-order chi connectivity index (χ1) is 13.6. The molecule has 2 N–H and O–H groups in total. The van der Waals surface area contributed by atoms with Gasteiger partial charge in [0.05, 0.1) is 11.6 Å². The summed E-state index contributed by atoms with van der Waals surface area (Å²) >= 11 is 0. The van der Waals surface area contributed by atoms with Gasteiger partial charge in [0.1, 0.15) is 0 Å². The average molecular weight is 377 g/mol. The van der Waals surface area contributed by atoms with E-state index < -0.39 is 24.3 Å². The molecule has 1 heterocycles. The topological polar surface area (TPSA) is 118 Å². The molecule has 0 radical (unpaired) electrons. The van der Waals surface area contributed by atoms with Gasteiger partial charge in [0.25, 0.3) is 5.91 Å². The van der Waals surface area contributed by atoms with Crippen LogP contribution in [0.15, 0.2) is 66.1 Å². The number of ether oxygens (including phenoxy) is 2. The lowest BCUT2D eigenvalue weighted by atomic mass is 10.2. The van der Waals surface area contributed by atoms with Crippen LogP contribution in [0.5, 0.6) is 0 Å². The van der Waals surface area contributed by atoms with Crippen LogP contribution < -0.4 is 10.6 Å². The van der Waals surface area contributed by atoms with Gasteiger partial charge < -0.3 is 20.1 Å². The van der Waals surface area contributed by atoms with Gasteiger partial charge in [-0.15, -0.1) is 0 Å². The zero-order chi connectivity index (χ0) is 19.9. The zero-order valence-corrected chi connectivity index (χ0v) is 14.6. The Labute approximate surface area is 160 Å². The fourth-order valence-electron chi connectivity index (χ4n) is 2.43. The predicted molar refractivity (Wildman–Crippen MR) is 98.8 cm³/mol. The molecule has 1 amide bonds. The van der Waals surface area contributed by atoms with Crippen molar-refractivity contribution in [3.63, 3.8) is 0 Å². The highest BCUT2D eigenvalue weighted by Crippen LogP contribution is 2.20. The lowest BCUT2D eigenvalue weighted by Crippen LogP contribution is -2.24. The molecule has 8 heteroatoms. The zero-order valence-electron chi connectivity index (χ0n) is 14.6. The maximum atomic E-state index is 12.3. The molecule has 0 aliphatic carbocycles. The number of amides is 1. The van der Waals surface area contributed by atoms with E-state index in [1.165, 1.54) is 6.07 Å². The van der Waals surface area contributed by atoms with Crippen LogP contribution in [-0.2, 0) is 23.9 Å². The summed E-state index contributed by atoms with van der Waals surface area (Å²) in [5.74, 6) is -2.11. The molecule has 140 valence electrons. The molecular formula is C20H15N3O5. The Kier molecular flexibility index (Phi) is 5.67. The summed E-state index contributed by atoms with van der Waals surface area (Å²) in [5, 5.41) is 14.2. The first-order valence-electron chi connectivity index (χ1n) is 8.26. The lowest BCUT2D eigenvalue weighted by molar-refractivity contribution is -0.144. The van der Waals surface area contributed by atoms with Gasteiger partial charge in [0.2, 0.25) is 11.7 Å². The molecule has 0 unspecified atom stereocenters. The fraction of sp³-hybridized carbons (Fsp3) is 0.100. The Bertz CT molecular complexity index is 992. The van der Waals surface area contributed by atoms with Crippen molar-refractivity contribution in [1.82, 2.24) is 0 Å². The fourth-order valence-corrected chi connectivity index (χ4v) is 2.43. The van der Waals surface area contributed by atoms with E-state index in [9.17, 15) is 14.4 Å². The van der Waals surface area contributed by atoms with Crippen LogP contribution in [-0.4, -0.2) is 30.9 Å². The average Bonchev–Trinajstić information content (AvgIpc) is 3.07. The summed E-state index contributed by atoms with van der Waals surface area (Å²) in [6, 6.07) is 17.1. The number of nitriles is 1. The Morgan fingerprint density at radius 3 is 2.61 bits per heavy atom. The Morgan fingerprint density at radius 2 is 1.86 bits per heavy atom. The van der Waals surface area contributed by atoms with Gasteiger partial charge in [-0.1, -0.05) is 24.3 Å². The number of nitrogens with one attached hydrogen (secondary N) is 2. The number of Topliss-reactive ketones (excluding diaryl/α,β-unsaturated/α-hetero) is 1. The molecule has 0 spiro atoms. The van der Waals surface area contributed by atoms with Crippen LogP contribution >= 0.6 is 0 Å². The second-order valence-electron chi connectivity index (χ2n) is 5.72. The number of ketones is 1. The molecule has 0 saturated heterocycles. The summed E-state index contributed by atoms with van der Waals surface area (Å²) in [5.41, 5.74) is 1.13. The minimum Gasteiger partial charge on any atom is -0.470 e. The van der Waals surface area contributed by atoms with Gasteiger partial charge in [-0.25, -0.2) is 4.79 Å². The minimum absolute atomic E-state index is 0.0108. The Balaban J connectivity index is 1.62. The van der Waals surface area contributed by atoms with Crippen LogP contribution in [0.2, 0.25) is 0 Å². The summed E-state index contributed by atoms with van der Waals surface area (Å²) in [4.78, 5) is 36.2. The molecule has 0 aromatic heterocycles. The van der Waals surface area contributed by atoms with Crippen LogP contribution in [0.4, 0.5) is 11.4 Å². The van der Waals surface area contributed by atoms with E-state index >= 15 is 0 Å². The number of carbonyl (C=O) groups excluding carboxylic acids is 3. The van der Waals surface area contributed by atoms with Gasteiger partial charge in [-0.2, -0.15) is 5.26 Å². The van der Waals surface area contributed by atoms with Crippen molar-refractivity contribution in [3.05, 3.63) is 71.6 Å². The molecule has 2 aromatic carbocycles. The smallest absolute Gasteiger partial charge is 0.347 e. The molecule has 8 nitrogen and oxygen atoms in total. The van der Waals surface area contributed by atoms with Crippen molar-refractivity contribution in [2.75, 3.05) is 23.8 Å². The van der Waals surface area contributed by atoms with Gasteiger partial charge in [0.15, 0.2) is 18.8 Å². The van der Waals surface area contributed by atoms with E-state index in [0.29, 0.717) is 16.9 Å². The molecule has 0 bridgehead atoms. The molecule has 28 heavy (non-hydrogen) atoms. The maximum Gasteiger partial charge on any atom is 0.347 e. The molecular weight excluding hydrogens is 362 g/mol. The minimum atomic E-state index is -0.957. The van der Waals surface area contributed by atoms with Crippen LogP contribution in [0.3, 0.4) is 0 Å². The van der Waals surface area contributed by atoms with Crippen LogP contribution in [0, 0.1) is 11.3 Å². The van der Waals surface area contributed by atoms with E-state index in [4.69, 9.17) is 14.7 Å². The van der Waals surface area contributed by atoms with Crippen molar-refractivity contribution in [2.45, 2.75) is 0 Å². The van der Waals surface area contributed by atoms with Crippen LogP contribution in [0.25, 0.3) is 0 Å². The summed E-state index contributed by atoms with van der Waals surface area (Å²) in [6.45, 7) is -0.877. The molecule has 2 aromatic rings. The first-order valence-corrected chi connectivity index (χ1v) is 8.26. The number of anilines is 2. The van der Waals surface area contributed by atoms with E-state index in [1.54, 1.807) is 42.5 Å². The van der Waals surface area contributed by atoms with Gasteiger partial charge in [-0.3, -0.25) is 9.59 Å². The summed E-state index contributed by atoms with van der Waals surface area (Å²) in [7, 11) is 0. The maximum absolute atomic E-state index is 12.3. The number of benzene rings is 2. The van der Waals surface area contributed by atoms with Crippen molar-refractivity contribution < 1.29 is 23.9 Å². The Hall–Kier alpha value is -4.12. The van der Waals surface area contributed by atoms with Crippen LogP contribution in [0.1, 0.15) is 5.56 Å². The van der Waals surface area contributed by atoms with Crippen molar-refractivity contribution in [3.8, 4) is 6.07 Å². The third kappa shape index (κ3) is 4.53. The molecule has 3 rings (SSSR count). The SMILES string of the molecule is N#Cc1cccc(NC(=O)COC(=O)C2=C(Nc3ccccc3)OCC2=O)c1. The van der Waals surface area contributed by atoms with Gasteiger partial charge in [-0.05, 0) is 30.3 Å². The van der Waals surface area contributed by atoms with Gasteiger partial charge >= 0.3 is 5.97 Å².